The minimum Gasteiger partial charge on any atom is -0.339 e. The Bertz CT molecular complexity index is 732. The molecule has 1 unspecified atom stereocenters. The maximum absolute atomic E-state index is 12.9. The number of carbonyl (C=O) groups excluding carboxylic acids is 1. The van der Waals surface area contributed by atoms with Crippen LogP contribution in [0, 0.1) is 13.8 Å². The molecule has 0 aromatic carbocycles. The third-order valence-corrected chi connectivity index (χ3v) is 7.70. The SMILES string of the molecule is Cc1nn(C)c(C)c1S(=O)(=O)N1CCN(C(=O)C2CSCN2)CC1. The van der Waals surface area contributed by atoms with Crippen molar-refractivity contribution in [2.24, 2.45) is 7.05 Å². The molecular formula is C14H23N5O3S2. The Kier molecular flexibility index (Phi) is 4.92. The molecule has 1 aromatic heterocycles. The largest absolute Gasteiger partial charge is 0.339 e. The Labute approximate surface area is 146 Å². The van der Waals surface area contributed by atoms with Crippen LogP contribution in [0.4, 0.5) is 0 Å². The highest BCUT2D eigenvalue weighted by molar-refractivity contribution is 7.99. The summed E-state index contributed by atoms with van der Waals surface area (Å²) in [4.78, 5) is 14.5. The van der Waals surface area contributed by atoms with Crippen molar-refractivity contribution in [1.82, 2.24) is 24.3 Å². The van der Waals surface area contributed by atoms with Crippen molar-refractivity contribution >= 4 is 27.7 Å². The lowest BCUT2D eigenvalue weighted by atomic mass is 10.2. The summed E-state index contributed by atoms with van der Waals surface area (Å²) in [5, 5.41) is 7.37. The summed E-state index contributed by atoms with van der Waals surface area (Å²) in [7, 11) is -1.84. The first kappa shape index (κ1) is 17.7. The number of aromatic nitrogens is 2. The fourth-order valence-electron chi connectivity index (χ4n) is 3.18. The number of sulfonamides is 1. The van der Waals surface area contributed by atoms with Crippen LogP contribution in [0.15, 0.2) is 4.90 Å². The monoisotopic (exact) mass is 373 g/mol. The average molecular weight is 374 g/mol. The van der Waals surface area contributed by atoms with Crippen LogP contribution >= 0.6 is 11.8 Å². The molecule has 0 radical (unpaired) electrons. The van der Waals surface area contributed by atoms with Gasteiger partial charge in [0.05, 0.1) is 17.4 Å². The first-order chi connectivity index (χ1) is 11.3. The third kappa shape index (κ3) is 3.07. The molecule has 2 fully saturated rings. The van der Waals surface area contributed by atoms with Crippen molar-refractivity contribution in [1.29, 1.82) is 0 Å². The highest BCUT2D eigenvalue weighted by atomic mass is 32.2. The molecule has 0 spiro atoms. The molecule has 2 aliphatic heterocycles. The van der Waals surface area contributed by atoms with E-state index < -0.39 is 10.0 Å². The van der Waals surface area contributed by atoms with Crippen molar-refractivity contribution < 1.29 is 13.2 Å². The molecule has 2 aliphatic rings. The van der Waals surface area contributed by atoms with Crippen LogP contribution in [0.3, 0.4) is 0 Å². The second kappa shape index (κ2) is 6.66. The number of nitrogens with zero attached hydrogens (tertiary/aromatic N) is 4. The predicted molar refractivity (Wildman–Crippen MR) is 92.3 cm³/mol. The Morgan fingerprint density at radius 1 is 1.25 bits per heavy atom. The smallest absolute Gasteiger partial charge is 0.246 e. The van der Waals surface area contributed by atoms with Gasteiger partial charge in [-0.2, -0.15) is 9.40 Å². The fourth-order valence-corrected chi connectivity index (χ4v) is 5.93. The quantitative estimate of drug-likeness (QED) is 0.771. The molecule has 0 bridgehead atoms. The third-order valence-electron chi connectivity index (χ3n) is 4.61. The minimum absolute atomic E-state index is 0.0748. The molecule has 3 rings (SSSR count). The number of aryl methyl sites for hydroxylation is 2. The van der Waals surface area contributed by atoms with E-state index in [1.54, 1.807) is 42.2 Å². The van der Waals surface area contributed by atoms with E-state index in [0.29, 0.717) is 42.5 Å². The molecule has 2 saturated heterocycles. The normalized spacial score (nSPS) is 23.0. The highest BCUT2D eigenvalue weighted by Crippen LogP contribution is 2.24. The molecule has 1 atom stereocenters. The summed E-state index contributed by atoms with van der Waals surface area (Å²) in [5.41, 5.74) is 1.15. The maximum atomic E-state index is 12.9. The molecule has 1 amide bonds. The number of hydrogen-bond acceptors (Lipinski definition) is 6. The van der Waals surface area contributed by atoms with Gasteiger partial charge in [0.15, 0.2) is 0 Å². The Hall–Kier alpha value is -1.10. The summed E-state index contributed by atoms with van der Waals surface area (Å²) in [6.45, 7) is 4.97. The highest BCUT2D eigenvalue weighted by Gasteiger charge is 2.35. The lowest BCUT2D eigenvalue weighted by Gasteiger charge is -2.35. The number of rotatable bonds is 3. The molecule has 24 heavy (non-hydrogen) atoms. The van der Waals surface area contributed by atoms with E-state index in [0.717, 1.165) is 11.6 Å². The Morgan fingerprint density at radius 2 is 1.92 bits per heavy atom. The minimum atomic E-state index is -3.58. The van der Waals surface area contributed by atoms with Gasteiger partial charge in [-0.3, -0.25) is 14.8 Å². The van der Waals surface area contributed by atoms with E-state index in [-0.39, 0.29) is 11.9 Å². The molecule has 1 aromatic rings. The van der Waals surface area contributed by atoms with E-state index in [2.05, 4.69) is 10.4 Å². The summed E-state index contributed by atoms with van der Waals surface area (Å²) < 4.78 is 28.9. The Morgan fingerprint density at radius 3 is 2.42 bits per heavy atom. The number of nitrogens with one attached hydrogen (secondary N) is 1. The van der Waals surface area contributed by atoms with Crippen LogP contribution in [-0.2, 0) is 21.9 Å². The lowest BCUT2D eigenvalue weighted by Crippen LogP contribution is -2.54. The van der Waals surface area contributed by atoms with Gasteiger partial charge in [0.1, 0.15) is 4.90 Å². The van der Waals surface area contributed by atoms with Gasteiger partial charge in [-0.05, 0) is 13.8 Å². The van der Waals surface area contributed by atoms with Gasteiger partial charge in [0.25, 0.3) is 0 Å². The second-order valence-electron chi connectivity index (χ2n) is 6.12. The average Bonchev–Trinajstić information content (AvgIpc) is 3.16. The van der Waals surface area contributed by atoms with Crippen molar-refractivity contribution in [2.75, 3.05) is 37.8 Å². The van der Waals surface area contributed by atoms with Gasteiger partial charge in [0, 0.05) is 44.9 Å². The van der Waals surface area contributed by atoms with Crippen LogP contribution < -0.4 is 5.32 Å². The van der Waals surface area contributed by atoms with E-state index in [1.807, 2.05) is 0 Å². The lowest BCUT2D eigenvalue weighted by molar-refractivity contribution is -0.133. The molecule has 0 aliphatic carbocycles. The summed E-state index contributed by atoms with van der Waals surface area (Å²) in [6.07, 6.45) is 0. The molecule has 1 N–H and O–H groups in total. The van der Waals surface area contributed by atoms with Crippen LogP contribution in [-0.4, -0.2) is 77.2 Å². The van der Waals surface area contributed by atoms with Crippen molar-refractivity contribution in [3.05, 3.63) is 11.4 Å². The first-order valence-electron chi connectivity index (χ1n) is 7.92. The topological polar surface area (TPSA) is 87.5 Å². The zero-order chi connectivity index (χ0) is 17.5. The van der Waals surface area contributed by atoms with Crippen molar-refractivity contribution in [3.63, 3.8) is 0 Å². The van der Waals surface area contributed by atoms with Crippen LogP contribution in [0.25, 0.3) is 0 Å². The van der Waals surface area contributed by atoms with E-state index in [4.69, 9.17) is 0 Å². The van der Waals surface area contributed by atoms with Crippen LogP contribution in [0.1, 0.15) is 11.4 Å². The number of hydrogen-bond donors (Lipinski definition) is 1. The molecule has 134 valence electrons. The van der Waals surface area contributed by atoms with Gasteiger partial charge in [-0.25, -0.2) is 8.42 Å². The molecule has 3 heterocycles. The van der Waals surface area contributed by atoms with Gasteiger partial charge in [-0.15, -0.1) is 11.8 Å². The molecule has 0 saturated carbocycles. The molecular weight excluding hydrogens is 350 g/mol. The van der Waals surface area contributed by atoms with Crippen LogP contribution in [0.5, 0.6) is 0 Å². The summed E-state index contributed by atoms with van der Waals surface area (Å²) in [5.74, 6) is 1.65. The van der Waals surface area contributed by atoms with Gasteiger partial charge in [-0.1, -0.05) is 0 Å². The van der Waals surface area contributed by atoms with Crippen molar-refractivity contribution in [3.8, 4) is 0 Å². The second-order valence-corrected chi connectivity index (χ2v) is 9.03. The predicted octanol–water partition coefficient (Wildman–Crippen LogP) is -0.468. The number of thioether (sulfide) groups is 1. The van der Waals surface area contributed by atoms with E-state index in [1.165, 1.54) is 4.31 Å². The van der Waals surface area contributed by atoms with E-state index >= 15 is 0 Å². The molecule has 8 nitrogen and oxygen atoms in total. The summed E-state index contributed by atoms with van der Waals surface area (Å²) in [6, 6.07) is -0.138. The number of carbonyl (C=O) groups is 1. The van der Waals surface area contributed by atoms with Crippen LogP contribution in [0.2, 0.25) is 0 Å². The fraction of sp³-hybridized carbons (Fsp3) is 0.714. The number of amides is 1. The first-order valence-corrected chi connectivity index (χ1v) is 10.5. The van der Waals surface area contributed by atoms with Gasteiger partial charge in [0.2, 0.25) is 15.9 Å². The zero-order valence-corrected chi connectivity index (χ0v) is 15.8. The Balaban J connectivity index is 1.70. The van der Waals surface area contributed by atoms with Crippen molar-refractivity contribution in [2.45, 2.75) is 24.8 Å². The zero-order valence-electron chi connectivity index (χ0n) is 14.2. The van der Waals surface area contributed by atoms with Gasteiger partial charge < -0.3 is 4.90 Å². The number of piperazine rings is 1. The standard InChI is InChI=1S/C14H23N5O3S2/c1-10-13(11(2)17(3)16-10)24(21,22)19-6-4-18(5-7-19)14(20)12-8-23-9-15-12/h12,15H,4-9H2,1-3H3. The van der Waals surface area contributed by atoms with E-state index in [9.17, 15) is 13.2 Å². The molecule has 10 heteroatoms. The maximum Gasteiger partial charge on any atom is 0.246 e. The summed E-state index contributed by atoms with van der Waals surface area (Å²) >= 11 is 1.71. The van der Waals surface area contributed by atoms with Gasteiger partial charge >= 0.3 is 0 Å².